The molecule has 0 aliphatic carbocycles. The van der Waals surface area contributed by atoms with E-state index in [1.165, 1.54) is 0 Å². The Hall–Kier alpha value is -2.63. The molecule has 2 amide bonds. The molecule has 0 aliphatic heterocycles. The van der Waals surface area contributed by atoms with Gasteiger partial charge < -0.3 is 11.1 Å². The van der Waals surface area contributed by atoms with Gasteiger partial charge in [-0.15, -0.1) is 11.3 Å². The highest BCUT2D eigenvalue weighted by atomic mass is 35.5. The van der Waals surface area contributed by atoms with Crippen LogP contribution in [0.5, 0.6) is 0 Å². The van der Waals surface area contributed by atoms with Gasteiger partial charge in [0.15, 0.2) is 0 Å². The van der Waals surface area contributed by atoms with Crippen LogP contribution < -0.4 is 11.1 Å². The molecule has 0 saturated carbocycles. The first kappa shape index (κ1) is 17.2. The van der Waals surface area contributed by atoms with E-state index >= 15 is 0 Å². The second-order valence-corrected chi connectivity index (χ2v) is 6.83. The van der Waals surface area contributed by atoms with Gasteiger partial charge in [-0.1, -0.05) is 29.8 Å². The Balaban J connectivity index is 1.86. The molecular weight excluding hydrogens is 356 g/mol. The molecule has 0 fully saturated rings. The van der Waals surface area contributed by atoms with Gasteiger partial charge in [0.2, 0.25) is 5.91 Å². The Morgan fingerprint density at radius 1 is 0.960 bits per heavy atom. The van der Waals surface area contributed by atoms with E-state index in [4.69, 9.17) is 17.3 Å². The van der Waals surface area contributed by atoms with Gasteiger partial charge in [0, 0.05) is 21.0 Å². The van der Waals surface area contributed by atoms with Crippen molar-refractivity contribution in [1.29, 1.82) is 0 Å². The summed E-state index contributed by atoms with van der Waals surface area (Å²) in [4.78, 5) is 24.8. The third-order valence-corrected chi connectivity index (χ3v) is 4.93. The molecule has 3 aromatic rings. The van der Waals surface area contributed by atoms with E-state index in [1.807, 2.05) is 29.6 Å². The normalized spacial score (nSPS) is 11.7. The number of rotatable bonds is 5. The fraction of sp³-hybridized carbons (Fsp3) is 0.0526. The van der Waals surface area contributed by atoms with Crippen LogP contribution in [0.4, 0.5) is 0 Å². The van der Waals surface area contributed by atoms with Gasteiger partial charge in [-0.25, -0.2) is 0 Å². The van der Waals surface area contributed by atoms with Crippen molar-refractivity contribution in [2.45, 2.75) is 6.04 Å². The average molecular weight is 371 g/mol. The van der Waals surface area contributed by atoms with Gasteiger partial charge in [-0.2, -0.15) is 0 Å². The molecule has 4 nitrogen and oxygen atoms in total. The minimum atomic E-state index is -0.524. The number of nitrogens with two attached hydrogens (primary N) is 1. The number of thiophene rings is 1. The molecule has 0 unspecified atom stereocenters. The maximum absolute atomic E-state index is 12.6. The van der Waals surface area contributed by atoms with E-state index < -0.39 is 5.91 Å². The van der Waals surface area contributed by atoms with Crippen LogP contribution in [-0.4, -0.2) is 11.8 Å². The molecule has 3 N–H and O–H groups in total. The number of carbonyl (C=O) groups is 2. The molecule has 3 rings (SSSR count). The summed E-state index contributed by atoms with van der Waals surface area (Å²) in [5.41, 5.74) is 6.99. The lowest BCUT2D eigenvalue weighted by molar-refractivity contribution is 0.0941. The Labute approximate surface area is 154 Å². The van der Waals surface area contributed by atoms with E-state index in [-0.39, 0.29) is 11.9 Å². The predicted molar refractivity (Wildman–Crippen MR) is 100 cm³/mol. The van der Waals surface area contributed by atoms with Crippen LogP contribution in [0.15, 0.2) is 66.0 Å². The molecule has 126 valence electrons. The topological polar surface area (TPSA) is 72.2 Å². The molecular formula is C19H15ClN2O2S. The second kappa shape index (κ2) is 7.51. The van der Waals surface area contributed by atoms with Crippen LogP contribution in [0.1, 0.15) is 37.2 Å². The SMILES string of the molecule is NC(=O)c1ccc(C(=O)N[C@H](c2ccc(Cl)cc2)c2cccs2)cc1. The average Bonchev–Trinajstić information content (AvgIpc) is 3.15. The van der Waals surface area contributed by atoms with Crippen molar-refractivity contribution in [3.63, 3.8) is 0 Å². The van der Waals surface area contributed by atoms with Crippen LogP contribution in [-0.2, 0) is 0 Å². The second-order valence-electron chi connectivity index (χ2n) is 5.42. The van der Waals surface area contributed by atoms with E-state index in [9.17, 15) is 9.59 Å². The molecule has 0 radical (unpaired) electrons. The van der Waals surface area contributed by atoms with Gasteiger partial charge in [0.25, 0.3) is 5.91 Å². The summed E-state index contributed by atoms with van der Waals surface area (Å²) in [5.74, 6) is -0.756. The monoisotopic (exact) mass is 370 g/mol. The minimum Gasteiger partial charge on any atom is -0.366 e. The van der Waals surface area contributed by atoms with Crippen LogP contribution in [0.3, 0.4) is 0 Å². The van der Waals surface area contributed by atoms with Gasteiger partial charge in [0.05, 0.1) is 6.04 Å². The van der Waals surface area contributed by atoms with Crippen molar-refractivity contribution >= 4 is 34.8 Å². The van der Waals surface area contributed by atoms with E-state index in [1.54, 1.807) is 47.7 Å². The third-order valence-electron chi connectivity index (χ3n) is 3.74. The minimum absolute atomic E-state index is 0.232. The number of primary amides is 1. The number of amides is 2. The van der Waals surface area contributed by atoms with Crippen LogP contribution in [0, 0.1) is 0 Å². The Bertz CT molecular complexity index is 875. The molecule has 6 heteroatoms. The standard InChI is InChI=1S/C19H15ClN2O2S/c20-15-9-7-12(8-10-15)17(16-2-1-11-25-16)22-19(24)14-5-3-13(4-6-14)18(21)23/h1-11,17H,(H2,21,23)(H,22,24)/t17-/m1/s1. The molecule has 0 spiro atoms. The lowest BCUT2D eigenvalue weighted by atomic mass is 10.0. The molecule has 1 aromatic heterocycles. The summed E-state index contributed by atoms with van der Waals surface area (Å²) >= 11 is 7.53. The molecule has 0 saturated heterocycles. The van der Waals surface area contributed by atoms with Crippen molar-refractivity contribution in [1.82, 2.24) is 5.32 Å². The zero-order valence-electron chi connectivity index (χ0n) is 13.1. The molecule has 0 bridgehead atoms. The highest BCUT2D eigenvalue weighted by Crippen LogP contribution is 2.27. The van der Waals surface area contributed by atoms with Gasteiger partial charge in [-0.05, 0) is 53.4 Å². The Morgan fingerprint density at radius 3 is 2.16 bits per heavy atom. The highest BCUT2D eigenvalue weighted by molar-refractivity contribution is 7.10. The molecule has 0 aliphatic rings. The lowest BCUT2D eigenvalue weighted by Gasteiger charge is -2.18. The highest BCUT2D eigenvalue weighted by Gasteiger charge is 2.19. The van der Waals surface area contributed by atoms with Gasteiger partial charge >= 0.3 is 0 Å². The number of hydrogen-bond donors (Lipinski definition) is 2. The molecule has 25 heavy (non-hydrogen) atoms. The van der Waals surface area contributed by atoms with Crippen molar-refractivity contribution in [2.24, 2.45) is 5.73 Å². The maximum atomic E-state index is 12.6. The van der Waals surface area contributed by atoms with Crippen LogP contribution >= 0.6 is 22.9 Å². The molecule has 2 aromatic carbocycles. The van der Waals surface area contributed by atoms with Crippen molar-refractivity contribution in [3.05, 3.63) is 92.6 Å². The van der Waals surface area contributed by atoms with Crippen LogP contribution in [0.25, 0.3) is 0 Å². The first-order valence-corrected chi connectivity index (χ1v) is 8.80. The van der Waals surface area contributed by atoms with E-state index in [0.29, 0.717) is 16.1 Å². The third kappa shape index (κ3) is 4.07. The first-order valence-electron chi connectivity index (χ1n) is 7.54. The zero-order valence-corrected chi connectivity index (χ0v) is 14.7. The van der Waals surface area contributed by atoms with Crippen molar-refractivity contribution in [3.8, 4) is 0 Å². The summed E-state index contributed by atoms with van der Waals surface area (Å²) in [6.07, 6.45) is 0. The number of halogens is 1. The summed E-state index contributed by atoms with van der Waals surface area (Å²) in [5, 5.41) is 5.64. The van der Waals surface area contributed by atoms with Crippen molar-refractivity contribution < 1.29 is 9.59 Å². The predicted octanol–water partition coefficient (Wildman–Crippen LogP) is 4.02. The Kier molecular flexibility index (Phi) is 5.16. The van der Waals surface area contributed by atoms with Crippen LogP contribution in [0.2, 0.25) is 5.02 Å². The first-order chi connectivity index (χ1) is 12.0. The molecule has 1 atom stereocenters. The number of nitrogens with one attached hydrogen (secondary N) is 1. The van der Waals surface area contributed by atoms with E-state index in [0.717, 1.165) is 10.4 Å². The zero-order chi connectivity index (χ0) is 17.8. The largest absolute Gasteiger partial charge is 0.366 e. The van der Waals surface area contributed by atoms with E-state index in [2.05, 4.69) is 5.32 Å². The molecule has 1 heterocycles. The number of benzene rings is 2. The van der Waals surface area contributed by atoms with Gasteiger partial charge in [0.1, 0.15) is 0 Å². The summed E-state index contributed by atoms with van der Waals surface area (Å²) in [6.45, 7) is 0. The quantitative estimate of drug-likeness (QED) is 0.712. The maximum Gasteiger partial charge on any atom is 0.252 e. The fourth-order valence-corrected chi connectivity index (χ4v) is 3.36. The Morgan fingerprint density at radius 2 is 1.60 bits per heavy atom. The lowest BCUT2D eigenvalue weighted by Crippen LogP contribution is -2.28. The van der Waals surface area contributed by atoms with Crippen molar-refractivity contribution in [2.75, 3.05) is 0 Å². The number of hydrogen-bond acceptors (Lipinski definition) is 3. The number of carbonyl (C=O) groups excluding carboxylic acids is 2. The summed E-state index contributed by atoms with van der Waals surface area (Å²) in [6, 6.07) is 17.3. The smallest absolute Gasteiger partial charge is 0.252 e. The van der Waals surface area contributed by atoms with Gasteiger partial charge in [-0.3, -0.25) is 9.59 Å². The summed E-state index contributed by atoms with van der Waals surface area (Å²) in [7, 11) is 0. The summed E-state index contributed by atoms with van der Waals surface area (Å²) < 4.78 is 0. The fourth-order valence-electron chi connectivity index (χ4n) is 2.43.